The number of hydrogen-bond donors (Lipinski definition) is 8. The summed E-state index contributed by atoms with van der Waals surface area (Å²) in [6, 6.07) is 10.3. The van der Waals surface area contributed by atoms with Gasteiger partial charge in [-0.05, 0) is 17.2 Å². The summed E-state index contributed by atoms with van der Waals surface area (Å²) in [4.78, 5) is 64.4. The zero-order valence-electron chi connectivity index (χ0n) is 21.4. The van der Waals surface area contributed by atoms with E-state index < -0.39 is 66.9 Å². The van der Waals surface area contributed by atoms with Gasteiger partial charge in [-0.3, -0.25) is 19.2 Å². The van der Waals surface area contributed by atoms with E-state index in [2.05, 4.69) is 20.9 Å². The number of aromatic amines is 1. The van der Waals surface area contributed by atoms with Crippen LogP contribution in [0, 0.1) is 0 Å². The molecule has 4 unspecified atom stereocenters. The molecule has 0 spiro atoms. The topological polar surface area (TPSA) is 224 Å². The van der Waals surface area contributed by atoms with Crippen molar-refractivity contribution >= 4 is 40.6 Å². The van der Waals surface area contributed by atoms with Crippen molar-refractivity contribution in [3.05, 3.63) is 71.9 Å². The number of nitrogens with two attached hydrogens (primary N) is 1. The summed E-state index contributed by atoms with van der Waals surface area (Å²) in [7, 11) is 0. The average molecular weight is 554 g/mol. The third-order valence-electron chi connectivity index (χ3n) is 6.18. The summed E-state index contributed by atoms with van der Waals surface area (Å²) < 4.78 is 0. The molecule has 0 aliphatic carbocycles. The fourth-order valence-electron chi connectivity index (χ4n) is 4.08. The van der Waals surface area contributed by atoms with Gasteiger partial charge in [0.25, 0.3) is 0 Å². The van der Waals surface area contributed by atoms with Crippen LogP contribution in [0.3, 0.4) is 0 Å². The normalized spacial score (nSPS) is 13.9. The van der Waals surface area contributed by atoms with E-state index in [1.165, 1.54) is 0 Å². The van der Waals surface area contributed by atoms with E-state index in [4.69, 9.17) is 10.8 Å². The molecule has 0 saturated carbocycles. The van der Waals surface area contributed by atoms with Crippen molar-refractivity contribution in [1.82, 2.24) is 20.9 Å². The molecule has 0 aliphatic rings. The van der Waals surface area contributed by atoms with Gasteiger partial charge in [-0.25, -0.2) is 4.79 Å². The summed E-state index contributed by atoms with van der Waals surface area (Å²) in [6.07, 6.45) is 0.910. The van der Waals surface area contributed by atoms with E-state index in [1.54, 1.807) is 36.5 Å². The fourth-order valence-corrected chi connectivity index (χ4v) is 4.08. The molecule has 1 heterocycles. The number of carboxylic acid groups (broad SMARTS) is 2. The number of carbonyl (C=O) groups is 5. The first kappa shape index (κ1) is 29.8. The molecule has 1 aromatic heterocycles. The highest BCUT2D eigenvalue weighted by Gasteiger charge is 2.31. The molecule has 9 N–H and O–H groups in total. The predicted molar refractivity (Wildman–Crippen MR) is 143 cm³/mol. The van der Waals surface area contributed by atoms with Crippen LogP contribution in [0.5, 0.6) is 0 Å². The summed E-state index contributed by atoms with van der Waals surface area (Å²) in [5.41, 5.74) is 7.65. The lowest BCUT2D eigenvalue weighted by Gasteiger charge is -2.24. The third-order valence-corrected chi connectivity index (χ3v) is 6.18. The molecule has 13 nitrogen and oxygen atoms in total. The van der Waals surface area contributed by atoms with Crippen LogP contribution >= 0.6 is 0 Å². The molecule has 212 valence electrons. The number of nitrogens with one attached hydrogen (secondary N) is 4. The number of aliphatic hydroxyl groups excluding tert-OH is 1. The number of H-pyrrole nitrogens is 1. The number of carboxylic acids is 2. The molecule has 0 bridgehead atoms. The average Bonchev–Trinajstić information content (AvgIpc) is 3.33. The Morgan fingerprint density at radius 1 is 0.775 bits per heavy atom. The van der Waals surface area contributed by atoms with Gasteiger partial charge in [0, 0.05) is 29.9 Å². The van der Waals surface area contributed by atoms with E-state index in [-0.39, 0.29) is 12.8 Å². The van der Waals surface area contributed by atoms with Gasteiger partial charge in [0.05, 0.1) is 19.1 Å². The first-order chi connectivity index (χ1) is 19.1. The van der Waals surface area contributed by atoms with Gasteiger partial charge in [-0.1, -0.05) is 48.5 Å². The molecule has 3 amide bonds. The summed E-state index contributed by atoms with van der Waals surface area (Å²) >= 11 is 0. The maximum atomic E-state index is 13.3. The van der Waals surface area contributed by atoms with E-state index in [9.17, 15) is 34.2 Å². The van der Waals surface area contributed by atoms with Gasteiger partial charge in [0.15, 0.2) is 0 Å². The van der Waals surface area contributed by atoms with Crippen molar-refractivity contribution in [3.63, 3.8) is 0 Å². The van der Waals surface area contributed by atoms with Gasteiger partial charge in [-0.15, -0.1) is 0 Å². The van der Waals surface area contributed by atoms with Crippen molar-refractivity contribution in [3.8, 4) is 0 Å². The summed E-state index contributed by atoms with van der Waals surface area (Å²) in [5.74, 6) is -5.33. The summed E-state index contributed by atoms with van der Waals surface area (Å²) in [6.45, 7) is -0.866. The molecular weight excluding hydrogens is 522 g/mol. The Labute approximate surface area is 228 Å². The molecule has 2 aromatic carbocycles. The number of aliphatic carboxylic acids is 2. The number of fused-ring (bicyclic) bond motifs is 1. The van der Waals surface area contributed by atoms with E-state index >= 15 is 0 Å². The zero-order chi connectivity index (χ0) is 29.2. The molecule has 0 aliphatic heterocycles. The van der Waals surface area contributed by atoms with Crippen molar-refractivity contribution in [1.29, 1.82) is 0 Å². The second-order valence-corrected chi connectivity index (χ2v) is 9.16. The molecule has 4 atom stereocenters. The highest BCUT2D eigenvalue weighted by molar-refractivity contribution is 5.95. The second-order valence-electron chi connectivity index (χ2n) is 9.16. The standard InChI is InChI=1S/C27H31N5O8/c28-18(12-23(34)35)24(36)32-22(14-33)26(38)30-20(10-15-6-2-1-3-7-15)25(37)31-21(27(39)40)11-16-13-29-19-9-5-4-8-17(16)19/h1-9,13,18,20-22,29,33H,10-12,14,28H2,(H,30,38)(H,31,37)(H,32,36)(H,34,35)(H,39,40). The van der Waals surface area contributed by atoms with Gasteiger partial charge in [0.1, 0.15) is 18.1 Å². The maximum Gasteiger partial charge on any atom is 0.326 e. The third kappa shape index (κ3) is 8.12. The van der Waals surface area contributed by atoms with Crippen LogP contribution in [0.1, 0.15) is 17.5 Å². The van der Waals surface area contributed by atoms with E-state index in [0.29, 0.717) is 11.1 Å². The van der Waals surface area contributed by atoms with Gasteiger partial charge in [-0.2, -0.15) is 0 Å². The van der Waals surface area contributed by atoms with Crippen LogP contribution in [0.15, 0.2) is 60.8 Å². The first-order valence-electron chi connectivity index (χ1n) is 12.4. The smallest absolute Gasteiger partial charge is 0.326 e. The van der Waals surface area contributed by atoms with Gasteiger partial charge < -0.3 is 42.0 Å². The number of rotatable bonds is 14. The number of hydrogen-bond acceptors (Lipinski definition) is 7. The number of amides is 3. The lowest BCUT2D eigenvalue weighted by atomic mass is 10.0. The largest absolute Gasteiger partial charge is 0.481 e. The number of carbonyl (C=O) groups excluding carboxylic acids is 3. The van der Waals surface area contributed by atoms with E-state index in [0.717, 1.165) is 10.9 Å². The Balaban J connectivity index is 1.77. The number of aliphatic hydroxyl groups is 1. The minimum Gasteiger partial charge on any atom is -0.481 e. The van der Waals surface area contributed by atoms with Crippen molar-refractivity contribution in [2.45, 2.75) is 43.4 Å². The second kappa shape index (κ2) is 13.9. The van der Waals surface area contributed by atoms with Gasteiger partial charge >= 0.3 is 11.9 Å². The number of aromatic nitrogens is 1. The molecule has 0 fully saturated rings. The van der Waals surface area contributed by atoms with Crippen LogP contribution < -0.4 is 21.7 Å². The zero-order valence-corrected chi connectivity index (χ0v) is 21.4. The molecule has 0 radical (unpaired) electrons. The molecular formula is C27H31N5O8. The maximum absolute atomic E-state index is 13.3. The van der Waals surface area contributed by atoms with E-state index in [1.807, 2.05) is 24.3 Å². The Bertz CT molecular complexity index is 1360. The minimum absolute atomic E-state index is 0.0253. The lowest BCUT2D eigenvalue weighted by Crippen LogP contribution is -2.58. The molecule has 3 aromatic rings. The molecule has 40 heavy (non-hydrogen) atoms. The number of para-hydroxylation sites is 1. The number of benzene rings is 2. The Morgan fingerprint density at radius 3 is 2.02 bits per heavy atom. The Kier molecular flexibility index (Phi) is 10.3. The summed E-state index contributed by atoms with van der Waals surface area (Å²) in [5, 5.41) is 36.3. The molecule has 0 saturated heterocycles. The van der Waals surface area contributed by atoms with Crippen LogP contribution in [-0.2, 0) is 36.8 Å². The highest BCUT2D eigenvalue weighted by atomic mass is 16.4. The van der Waals surface area contributed by atoms with Crippen LogP contribution in [0.2, 0.25) is 0 Å². The van der Waals surface area contributed by atoms with Crippen LogP contribution in [0.4, 0.5) is 0 Å². The van der Waals surface area contributed by atoms with Crippen LogP contribution in [0.25, 0.3) is 10.9 Å². The molecule has 13 heteroatoms. The van der Waals surface area contributed by atoms with Crippen molar-refractivity contribution in [2.24, 2.45) is 5.73 Å². The lowest BCUT2D eigenvalue weighted by molar-refractivity contribution is -0.142. The first-order valence-corrected chi connectivity index (χ1v) is 12.4. The Hall–Kier alpha value is -4.75. The van der Waals surface area contributed by atoms with Crippen molar-refractivity contribution in [2.75, 3.05) is 6.61 Å². The fraction of sp³-hybridized carbons (Fsp3) is 0.296. The van der Waals surface area contributed by atoms with Gasteiger partial charge in [0.2, 0.25) is 17.7 Å². The Morgan fingerprint density at radius 2 is 1.38 bits per heavy atom. The monoisotopic (exact) mass is 553 g/mol. The molecule has 3 rings (SSSR count). The van der Waals surface area contributed by atoms with Crippen LogP contribution in [-0.4, -0.2) is 80.7 Å². The quantitative estimate of drug-likeness (QED) is 0.126. The van der Waals surface area contributed by atoms with Crippen molar-refractivity contribution < 1.29 is 39.3 Å². The highest BCUT2D eigenvalue weighted by Crippen LogP contribution is 2.19. The SMILES string of the molecule is NC(CC(=O)O)C(=O)NC(CO)C(=O)NC(Cc1ccccc1)C(=O)NC(Cc1c[nH]c2ccccc12)C(=O)O. The predicted octanol–water partition coefficient (Wildman–Crippen LogP) is -0.714. The minimum atomic E-state index is -1.54.